The molecule has 0 unspecified atom stereocenters. The van der Waals surface area contributed by atoms with Crippen LogP contribution in [0.2, 0.25) is 0 Å². The van der Waals surface area contributed by atoms with E-state index in [1.54, 1.807) is 6.26 Å². The number of thiazole rings is 1. The van der Waals surface area contributed by atoms with Gasteiger partial charge in [0.25, 0.3) is 5.91 Å². The lowest BCUT2D eigenvalue weighted by atomic mass is 10.2. The van der Waals surface area contributed by atoms with E-state index in [-0.39, 0.29) is 5.91 Å². The Morgan fingerprint density at radius 1 is 1.36 bits per heavy atom. The smallest absolute Gasteiger partial charge is 0.273 e. The predicted molar refractivity (Wildman–Crippen MR) is 87.9 cm³/mol. The summed E-state index contributed by atoms with van der Waals surface area (Å²) >= 11 is 1.53. The highest BCUT2D eigenvalue weighted by atomic mass is 32.1. The van der Waals surface area contributed by atoms with E-state index in [4.69, 9.17) is 4.42 Å². The van der Waals surface area contributed by atoms with Crippen LogP contribution in [0.3, 0.4) is 0 Å². The molecule has 0 saturated heterocycles. The number of rotatable bonds is 8. The van der Waals surface area contributed by atoms with Gasteiger partial charge in [-0.2, -0.15) is 0 Å². The number of aromatic nitrogens is 1. The van der Waals surface area contributed by atoms with Crippen LogP contribution in [0.5, 0.6) is 0 Å². The summed E-state index contributed by atoms with van der Waals surface area (Å²) in [4.78, 5) is 21.0. The van der Waals surface area contributed by atoms with Gasteiger partial charge in [-0.15, -0.1) is 11.3 Å². The Hall–Kier alpha value is -1.66. The van der Waals surface area contributed by atoms with E-state index in [2.05, 4.69) is 11.9 Å². The second kappa shape index (κ2) is 8.10. The second-order valence-corrected chi connectivity index (χ2v) is 6.47. The third-order valence-electron chi connectivity index (χ3n) is 3.22. The molecule has 0 aliphatic heterocycles. The van der Waals surface area contributed by atoms with Crippen molar-refractivity contribution in [2.75, 3.05) is 20.6 Å². The Balaban J connectivity index is 2.08. The summed E-state index contributed by atoms with van der Waals surface area (Å²) in [5.41, 5.74) is 0.532. The maximum Gasteiger partial charge on any atom is 0.273 e. The molecule has 1 amide bonds. The number of carbonyl (C=O) groups is 1. The SMILES string of the molecule is CCCCN(Cc1ccco1)C(=O)c1csc(CN(C)C)n1. The first kappa shape index (κ1) is 16.7. The summed E-state index contributed by atoms with van der Waals surface area (Å²) in [7, 11) is 3.99. The van der Waals surface area contributed by atoms with Crippen LogP contribution >= 0.6 is 11.3 Å². The molecule has 0 radical (unpaired) electrons. The second-order valence-electron chi connectivity index (χ2n) is 5.52. The zero-order valence-corrected chi connectivity index (χ0v) is 14.2. The molecule has 0 aliphatic rings. The van der Waals surface area contributed by atoms with Gasteiger partial charge in [0.2, 0.25) is 0 Å². The first-order valence-corrected chi connectivity index (χ1v) is 8.39. The van der Waals surface area contributed by atoms with Crippen molar-refractivity contribution in [3.63, 3.8) is 0 Å². The van der Waals surface area contributed by atoms with E-state index >= 15 is 0 Å². The molecule has 0 bridgehead atoms. The first-order chi connectivity index (χ1) is 10.6. The number of unbranched alkanes of at least 4 members (excludes halogenated alkanes) is 1. The van der Waals surface area contributed by atoms with Crippen LogP contribution in [0, 0.1) is 0 Å². The number of nitrogens with zero attached hydrogens (tertiary/aromatic N) is 3. The Labute approximate surface area is 135 Å². The van der Waals surface area contributed by atoms with Crippen LogP contribution in [0.1, 0.15) is 41.0 Å². The molecule has 5 nitrogen and oxygen atoms in total. The normalized spacial score (nSPS) is 11.1. The number of hydrogen-bond donors (Lipinski definition) is 0. The molecule has 2 aromatic heterocycles. The van der Waals surface area contributed by atoms with E-state index in [0.717, 1.165) is 36.7 Å². The Bertz CT molecular complexity index is 578. The van der Waals surface area contributed by atoms with Gasteiger partial charge in [-0.1, -0.05) is 13.3 Å². The Kier molecular flexibility index (Phi) is 6.15. The minimum Gasteiger partial charge on any atom is -0.467 e. The Morgan fingerprint density at radius 3 is 2.82 bits per heavy atom. The van der Waals surface area contributed by atoms with E-state index in [1.807, 2.05) is 41.4 Å². The van der Waals surface area contributed by atoms with Gasteiger partial charge in [-0.3, -0.25) is 4.79 Å². The molecule has 0 fully saturated rings. The van der Waals surface area contributed by atoms with E-state index in [1.165, 1.54) is 11.3 Å². The van der Waals surface area contributed by atoms with Crippen LogP contribution in [0.15, 0.2) is 28.2 Å². The van der Waals surface area contributed by atoms with E-state index < -0.39 is 0 Å². The molecule has 6 heteroatoms. The van der Waals surface area contributed by atoms with Crippen molar-refractivity contribution in [1.82, 2.24) is 14.8 Å². The third kappa shape index (κ3) is 4.68. The van der Waals surface area contributed by atoms with Crippen molar-refractivity contribution in [2.45, 2.75) is 32.9 Å². The lowest BCUT2D eigenvalue weighted by Gasteiger charge is -2.20. The molecule has 0 aromatic carbocycles. The fourth-order valence-corrected chi connectivity index (χ4v) is 2.99. The molecular weight excluding hydrogens is 298 g/mol. The van der Waals surface area contributed by atoms with Crippen LogP contribution in [-0.2, 0) is 13.1 Å². The Morgan fingerprint density at radius 2 is 2.18 bits per heavy atom. The first-order valence-electron chi connectivity index (χ1n) is 7.51. The maximum atomic E-state index is 12.7. The topological polar surface area (TPSA) is 49.6 Å². The summed E-state index contributed by atoms with van der Waals surface area (Å²) in [6.45, 7) is 4.08. The summed E-state index contributed by atoms with van der Waals surface area (Å²) in [6, 6.07) is 3.74. The molecule has 120 valence electrons. The van der Waals surface area contributed by atoms with Crippen LogP contribution in [0.4, 0.5) is 0 Å². The van der Waals surface area contributed by atoms with Gasteiger partial charge >= 0.3 is 0 Å². The molecule has 0 spiro atoms. The standard InChI is InChI=1S/C16H23N3O2S/c1-4-5-8-19(10-13-7-6-9-21-13)16(20)14-12-22-15(17-14)11-18(2)3/h6-7,9,12H,4-5,8,10-11H2,1-3H3. The van der Waals surface area contributed by atoms with Crippen molar-refractivity contribution in [3.05, 3.63) is 40.2 Å². The molecule has 2 heterocycles. The van der Waals surface area contributed by atoms with E-state index in [0.29, 0.717) is 12.2 Å². The van der Waals surface area contributed by atoms with Crippen LogP contribution in [0.25, 0.3) is 0 Å². The van der Waals surface area contributed by atoms with Gasteiger partial charge in [0.1, 0.15) is 16.5 Å². The highest BCUT2D eigenvalue weighted by molar-refractivity contribution is 7.09. The van der Waals surface area contributed by atoms with Crippen molar-refractivity contribution < 1.29 is 9.21 Å². The highest BCUT2D eigenvalue weighted by Gasteiger charge is 2.19. The van der Waals surface area contributed by atoms with Crippen molar-refractivity contribution in [2.24, 2.45) is 0 Å². The zero-order chi connectivity index (χ0) is 15.9. The zero-order valence-electron chi connectivity index (χ0n) is 13.4. The monoisotopic (exact) mass is 321 g/mol. The van der Waals surface area contributed by atoms with Gasteiger partial charge < -0.3 is 14.2 Å². The number of furan rings is 1. The summed E-state index contributed by atoms with van der Waals surface area (Å²) < 4.78 is 5.37. The predicted octanol–water partition coefficient (Wildman–Crippen LogP) is 3.24. The number of amides is 1. The maximum absolute atomic E-state index is 12.7. The molecule has 0 aliphatic carbocycles. The highest BCUT2D eigenvalue weighted by Crippen LogP contribution is 2.16. The summed E-state index contributed by atoms with van der Waals surface area (Å²) in [6.07, 6.45) is 3.65. The number of carbonyl (C=O) groups excluding carboxylic acids is 1. The molecular formula is C16H23N3O2S. The molecule has 0 atom stereocenters. The molecule has 22 heavy (non-hydrogen) atoms. The van der Waals surface area contributed by atoms with Crippen LogP contribution in [-0.4, -0.2) is 41.3 Å². The average Bonchev–Trinajstić information content (AvgIpc) is 3.13. The molecule has 0 N–H and O–H groups in total. The minimum atomic E-state index is -0.0221. The summed E-state index contributed by atoms with van der Waals surface area (Å²) in [5.74, 6) is 0.777. The van der Waals surface area contributed by atoms with Crippen molar-refractivity contribution >= 4 is 17.2 Å². The minimum absolute atomic E-state index is 0.0221. The lowest BCUT2D eigenvalue weighted by molar-refractivity contribution is 0.0723. The fraction of sp³-hybridized carbons (Fsp3) is 0.500. The van der Waals surface area contributed by atoms with Gasteiger partial charge in [0, 0.05) is 18.5 Å². The number of hydrogen-bond acceptors (Lipinski definition) is 5. The van der Waals surface area contributed by atoms with Gasteiger partial charge in [0.05, 0.1) is 12.8 Å². The van der Waals surface area contributed by atoms with E-state index in [9.17, 15) is 4.79 Å². The quantitative estimate of drug-likeness (QED) is 0.749. The lowest BCUT2D eigenvalue weighted by Crippen LogP contribution is -2.31. The fourth-order valence-electron chi connectivity index (χ4n) is 2.11. The van der Waals surface area contributed by atoms with Crippen LogP contribution < -0.4 is 0 Å². The molecule has 2 aromatic rings. The third-order valence-corrected chi connectivity index (χ3v) is 4.05. The van der Waals surface area contributed by atoms with Gasteiger partial charge in [-0.05, 0) is 32.6 Å². The summed E-state index contributed by atoms with van der Waals surface area (Å²) in [5, 5.41) is 2.81. The van der Waals surface area contributed by atoms with Gasteiger partial charge in [-0.25, -0.2) is 4.98 Å². The largest absolute Gasteiger partial charge is 0.467 e. The van der Waals surface area contributed by atoms with Gasteiger partial charge in [0.15, 0.2) is 0 Å². The molecule has 0 saturated carbocycles. The van der Waals surface area contributed by atoms with Crippen molar-refractivity contribution in [3.8, 4) is 0 Å². The average molecular weight is 321 g/mol. The van der Waals surface area contributed by atoms with Crippen molar-refractivity contribution in [1.29, 1.82) is 0 Å². The molecule has 2 rings (SSSR count).